The molecule has 2 aromatic carbocycles. The van der Waals surface area contributed by atoms with Gasteiger partial charge >= 0.3 is 11.8 Å². The van der Waals surface area contributed by atoms with Crippen molar-refractivity contribution in [1.82, 2.24) is 25.0 Å². The Balaban J connectivity index is 1.65. The first-order valence-corrected chi connectivity index (χ1v) is 12.5. The van der Waals surface area contributed by atoms with Gasteiger partial charge in [-0.15, -0.1) is 10.2 Å². The van der Waals surface area contributed by atoms with Crippen molar-refractivity contribution in [3.8, 4) is 28.4 Å². The summed E-state index contributed by atoms with van der Waals surface area (Å²) in [6, 6.07) is 8.34. The third-order valence-electron chi connectivity index (χ3n) is 5.48. The van der Waals surface area contributed by atoms with E-state index >= 15 is 0 Å². The maximum Gasteiger partial charge on any atom is 0.413 e. The Hall–Kier alpha value is -4.49. The molecular weight excluding hydrogens is 570 g/mol. The van der Waals surface area contributed by atoms with Gasteiger partial charge in [0.05, 0.1) is 27.9 Å². The maximum absolute atomic E-state index is 14.6. The number of benzene rings is 2. The van der Waals surface area contributed by atoms with Crippen LogP contribution in [0.5, 0.6) is 11.6 Å². The smallest absolute Gasteiger partial charge is 0.413 e. The molecule has 0 bridgehead atoms. The van der Waals surface area contributed by atoms with Gasteiger partial charge in [-0.05, 0) is 31.0 Å². The lowest BCUT2D eigenvalue weighted by molar-refractivity contribution is 0.159. The molecule has 4 rings (SSSR count). The van der Waals surface area contributed by atoms with E-state index in [1.807, 2.05) is 11.9 Å². The topological polar surface area (TPSA) is 161 Å². The van der Waals surface area contributed by atoms with Crippen molar-refractivity contribution in [2.45, 2.75) is 26.7 Å². The van der Waals surface area contributed by atoms with E-state index in [4.69, 9.17) is 32.7 Å². The number of carbonyl (C=O) groups excluding carboxylic acids is 1. The van der Waals surface area contributed by atoms with E-state index in [1.165, 1.54) is 24.3 Å². The number of aryl methyl sites for hydroxylation is 1. The zero-order chi connectivity index (χ0) is 29.0. The number of unbranched alkanes of at least 4 members (excludes halogenated alkanes) is 1. The van der Waals surface area contributed by atoms with Crippen LogP contribution >= 0.6 is 23.2 Å². The zero-order valence-corrected chi connectivity index (χ0v) is 22.5. The van der Waals surface area contributed by atoms with Crippen molar-refractivity contribution in [2.24, 2.45) is 0 Å². The van der Waals surface area contributed by atoms with Gasteiger partial charge < -0.3 is 9.47 Å². The predicted octanol–water partition coefficient (Wildman–Crippen LogP) is 4.57. The quantitative estimate of drug-likeness (QED) is 0.251. The number of nitrogens with one attached hydrogen (secondary N) is 3. The summed E-state index contributed by atoms with van der Waals surface area (Å²) in [6.07, 6.45) is 0.499. The van der Waals surface area contributed by atoms with Gasteiger partial charge in [-0.2, -0.15) is 4.68 Å². The van der Waals surface area contributed by atoms with Gasteiger partial charge in [0.2, 0.25) is 11.7 Å². The van der Waals surface area contributed by atoms with Crippen molar-refractivity contribution < 1.29 is 18.7 Å². The van der Waals surface area contributed by atoms with Crippen molar-refractivity contribution in [3.63, 3.8) is 0 Å². The lowest BCUT2D eigenvalue weighted by Crippen LogP contribution is -2.34. The number of hydrogen-bond acceptors (Lipinski definition) is 8. The Bertz CT molecular complexity index is 1750. The minimum atomic E-state index is -0.948. The third-order valence-corrected chi connectivity index (χ3v) is 6.04. The van der Waals surface area contributed by atoms with E-state index in [9.17, 15) is 23.6 Å². The van der Waals surface area contributed by atoms with Crippen molar-refractivity contribution >= 4 is 35.1 Å². The van der Waals surface area contributed by atoms with Crippen LogP contribution in [0, 0.1) is 12.7 Å². The summed E-state index contributed by atoms with van der Waals surface area (Å²) < 4.78 is 26.0. The van der Waals surface area contributed by atoms with E-state index in [0.29, 0.717) is 12.0 Å². The van der Waals surface area contributed by atoms with Crippen LogP contribution in [0.15, 0.2) is 50.8 Å². The largest absolute Gasteiger partial charge is 0.449 e. The van der Waals surface area contributed by atoms with E-state index in [-0.39, 0.29) is 45.1 Å². The fourth-order valence-electron chi connectivity index (χ4n) is 3.46. The molecule has 15 heteroatoms. The SMILES string of the molecule is CCCCOC(=O)Nc1nn(-c2cc(Cl)c(Oc3cc(-c4cccc(C)c4F)c(=O)[nH]n3)c(Cl)c2)c(=O)[nH]c1=O. The summed E-state index contributed by atoms with van der Waals surface area (Å²) >= 11 is 12.7. The van der Waals surface area contributed by atoms with Gasteiger partial charge in [0.1, 0.15) is 5.82 Å². The summed E-state index contributed by atoms with van der Waals surface area (Å²) in [5.74, 6) is -1.33. The Kier molecular flexibility index (Phi) is 8.65. The standard InChI is InChI=1S/C25H21Cl2FN6O6/c1-3-4-8-39-25(38)29-21-23(36)30-24(37)34(33-21)13-9-16(26)20(17(27)10-13)40-18-11-15(22(35)32-31-18)14-7-5-6-12(2)19(14)28/h5-7,9-11H,3-4,8H2,1-2H3,(H,32,35)(H,29,33,38)(H,30,36,37). The van der Waals surface area contributed by atoms with Crippen LogP contribution in [0.1, 0.15) is 25.3 Å². The van der Waals surface area contributed by atoms with Gasteiger partial charge in [0, 0.05) is 11.6 Å². The number of rotatable bonds is 8. The first-order valence-electron chi connectivity index (χ1n) is 11.8. The van der Waals surface area contributed by atoms with Gasteiger partial charge in [0.25, 0.3) is 11.1 Å². The normalized spacial score (nSPS) is 10.8. The lowest BCUT2D eigenvalue weighted by atomic mass is 10.0. The molecule has 2 heterocycles. The molecular formula is C25H21Cl2FN6O6. The highest BCUT2D eigenvalue weighted by Gasteiger charge is 2.18. The Labute approximate surface area is 234 Å². The third kappa shape index (κ3) is 6.21. The fraction of sp³-hybridized carbons (Fsp3) is 0.200. The van der Waals surface area contributed by atoms with E-state index in [0.717, 1.165) is 11.1 Å². The van der Waals surface area contributed by atoms with Gasteiger partial charge in [-0.1, -0.05) is 54.7 Å². The highest BCUT2D eigenvalue weighted by atomic mass is 35.5. The first-order chi connectivity index (χ1) is 19.1. The maximum atomic E-state index is 14.6. The van der Waals surface area contributed by atoms with Gasteiger partial charge in [-0.3, -0.25) is 19.9 Å². The summed E-state index contributed by atoms with van der Waals surface area (Å²) in [4.78, 5) is 50.9. The number of hydrogen-bond donors (Lipinski definition) is 3. The summed E-state index contributed by atoms with van der Waals surface area (Å²) in [7, 11) is 0. The van der Waals surface area contributed by atoms with Crippen LogP contribution in [0.25, 0.3) is 16.8 Å². The summed E-state index contributed by atoms with van der Waals surface area (Å²) in [5.41, 5.74) is -2.17. The second kappa shape index (κ2) is 12.1. The minimum absolute atomic E-state index is 0.0166. The predicted molar refractivity (Wildman–Crippen MR) is 145 cm³/mol. The number of aromatic nitrogens is 5. The molecule has 1 amide bonds. The number of H-pyrrole nitrogens is 2. The Morgan fingerprint density at radius 1 is 1.10 bits per heavy atom. The van der Waals surface area contributed by atoms with E-state index in [2.05, 4.69) is 20.6 Å². The Morgan fingerprint density at radius 2 is 1.82 bits per heavy atom. The molecule has 3 N–H and O–H groups in total. The molecule has 0 unspecified atom stereocenters. The van der Waals surface area contributed by atoms with Crippen LogP contribution in [-0.2, 0) is 4.74 Å². The number of halogens is 3. The molecule has 0 aliphatic rings. The number of nitrogens with zero attached hydrogens (tertiary/aromatic N) is 3. The molecule has 40 heavy (non-hydrogen) atoms. The zero-order valence-electron chi connectivity index (χ0n) is 21.0. The van der Waals surface area contributed by atoms with Crippen molar-refractivity contribution in [3.05, 3.63) is 89.0 Å². The number of aromatic amines is 2. The highest BCUT2D eigenvalue weighted by molar-refractivity contribution is 6.37. The molecule has 0 aliphatic carbocycles. The minimum Gasteiger partial charge on any atom is -0.449 e. The van der Waals surface area contributed by atoms with Crippen LogP contribution in [0.3, 0.4) is 0 Å². The fourth-order valence-corrected chi connectivity index (χ4v) is 4.02. The van der Waals surface area contributed by atoms with Crippen LogP contribution < -0.4 is 26.9 Å². The average Bonchev–Trinajstić information content (AvgIpc) is 2.90. The second-order valence-electron chi connectivity index (χ2n) is 8.36. The van der Waals surface area contributed by atoms with Crippen molar-refractivity contribution in [2.75, 3.05) is 11.9 Å². The van der Waals surface area contributed by atoms with Crippen molar-refractivity contribution in [1.29, 1.82) is 0 Å². The molecule has 0 aliphatic heterocycles. The summed E-state index contributed by atoms with van der Waals surface area (Å²) in [5, 5.41) is 11.9. The van der Waals surface area contributed by atoms with E-state index < -0.39 is 34.5 Å². The van der Waals surface area contributed by atoms with Crippen LogP contribution in [0.4, 0.5) is 15.0 Å². The second-order valence-corrected chi connectivity index (χ2v) is 9.17. The number of carbonyl (C=O) groups is 1. The first kappa shape index (κ1) is 28.5. The molecule has 0 fully saturated rings. The number of ether oxygens (including phenoxy) is 2. The Morgan fingerprint density at radius 3 is 2.52 bits per heavy atom. The molecule has 4 aromatic rings. The van der Waals surface area contributed by atoms with E-state index in [1.54, 1.807) is 19.1 Å². The highest BCUT2D eigenvalue weighted by Crippen LogP contribution is 2.38. The molecule has 0 saturated carbocycles. The van der Waals surface area contributed by atoms with Gasteiger partial charge in [-0.25, -0.2) is 19.1 Å². The lowest BCUT2D eigenvalue weighted by Gasteiger charge is -2.13. The summed E-state index contributed by atoms with van der Waals surface area (Å²) in [6.45, 7) is 3.61. The average molecular weight is 591 g/mol. The van der Waals surface area contributed by atoms with Crippen LogP contribution in [-0.4, -0.2) is 37.7 Å². The number of amides is 1. The molecule has 0 atom stereocenters. The molecule has 2 aromatic heterocycles. The molecule has 208 valence electrons. The molecule has 12 nitrogen and oxygen atoms in total. The molecule has 0 radical (unpaired) electrons. The molecule has 0 saturated heterocycles. The van der Waals surface area contributed by atoms with Gasteiger partial charge in [0.15, 0.2) is 5.75 Å². The number of anilines is 1. The van der Waals surface area contributed by atoms with Crippen LogP contribution in [0.2, 0.25) is 10.0 Å². The monoisotopic (exact) mass is 590 g/mol. The molecule has 0 spiro atoms.